The Morgan fingerprint density at radius 2 is 1.71 bits per heavy atom. The third kappa shape index (κ3) is 4.49. The van der Waals surface area contributed by atoms with E-state index in [1.54, 1.807) is 12.1 Å². The first-order valence-corrected chi connectivity index (χ1v) is 9.63. The second-order valence-corrected chi connectivity index (χ2v) is 7.26. The summed E-state index contributed by atoms with van der Waals surface area (Å²) in [6.07, 6.45) is -5.39. The Bertz CT molecular complexity index is 779. The van der Waals surface area contributed by atoms with Crippen LogP contribution in [0.15, 0.2) is 42.5 Å². The van der Waals surface area contributed by atoms with Crippen LogP contribution in [0.25, 0.3) is 0 Å². The number of hydrogen-bond donors (Lipinski definition) is 4. The fourth-order valence-electron chi connectivity index (χ4n) is 3.37. The van der Waals surface area contributed by atoms with Gasteiger partial charge in [-0.25, -0.2) is 0 Å². The zero-order valence-electron chi connectivity index (χ0n) is 15.5. The molecule has 1 heterocycles. The van der Waals surface area contributed by atoms with Crippen LogP contribution in [0, 0.1) is 0 Å². The molecular formula is C21H25ClO6. The maximum atomic E-state index is 10.3. The van der Waals surface area contributed by atoms with Gasteiger partial charge in [0, 0.05) is 5.02 Å². The van der Waals surface area contributed by atoms with Gasteiger partial charge in [0.25, 0.3) is 0 Å². The quantitative estimate of drug-likeness (QED) is 0.582. The number of benzene rings is 2. The summed E-state index contributed by atoms with van der Waals surface area (Å²) in [7, 11) is 0. The van der Waals surface area contributed by atoms with Gasteiger partial charge in [0.15, 0.2) is 0 Å². The van der Waals surface area contributed by atoms with Crippen LogP contribution < -0.4 is 4.74 Å². The van der Waals surface area contributed by atoms with Gasteiger partial charge in [0.2, 0.25) is 0 Å². The first kappa shape index (κ1) is 21.0. The van der Waals surface area contributed by atoms with Crippen molar-refractivity contribution in [1.82, 2.24) is 0 Å². The molecule has 0 saturated carbocycles. The van der Waals surface area contributed by atoms with Crippen molar-refractivity contribution < 1.29 is 29.9 Å². The highest BCUT2D eigenvalue weighted by Crippen LogP contribution is 2.34. The average molecular weight is 409 g/mol. The highest BCUT2D eigenvalue weighted by molar-refractivity contribution is 6.31. The monoisotopic (exact) mass is 408 g/mol. The van der Waals surface area contributed by atoms with Crippen molar-refractivity contribution in [1.29, 1.82) is 0 Å². The number of ether oxygens (including phenoxy) is 2. The second kappa shape index (κ2) is 9.22. The van der Waals surface area contributed by atoms with E-state index < -0.39 is 37.1 Å². The standard InChI is InChI=1S/C21H25ClO6/c1-2-27-15-6-3-12(4-7-15)9-14-10-13(5-8-16(14)22)21-20(26)19(25)18(24)17(11-23)28-21/h3-8,10,17-21,23-26H,2,9,11H2,1H3/t17?,18-,19?,20-,21?/m1/s1. The zero-order valence-corrected chi connectivity index (χ0v) is 16.3. The van der Waals surface area contributed by atoms with E-state index in [0.717, 1.165) is 16.9 Å². The van der Waals surface area contributed by atoms with E-state index in [1.165, 1.54) is 0 Å². The lowest BCUT2D eigenvalue weighted by Gasteiger charge is -2.40. The molecule has 1 fully saturated rings. The summed E-state index contributed by atoms with van der Waals surface area (Å²) < 4.78 is 11.1. The Hall–Kier alpha value is -1.67. The van der Waals surface area contributed by atoms with Crippen LogP contribution >= 0.6 is 11.6 Å². The zero-order chi connectivity index (χ0) is 20.3. The second-order valence-electron chi connectivity index (χ2n) is 6.85. The maximum Gasteiger partial charge on any atom is 0.119 e. The Balaban J connectivity index is 1.82. The number of hydrogen-bond acceptors (Lipinski definition) is 6. The van der Waals surface area contributed by atoms with Gasteiger partial charge in [-0.1, -0.05) is 35.9 Å². The SMILES string of the molecule is CCOc1ccc(Cc2cc(C3OC(CO)[C@@H](O)C(O)[C@H]3O)ccc2Cl)cc1. The predicted molar refractivity (Wildman–Crippen MR) is 105 cm³/mol. The molecule has 5 atom stereocenters. The number of halogens is 1. The van der Waals surface area contributed by atoms with Gasteiger partial charge >= 0.3 is 0 Å². The molecule has 7 heteroatoms. The molecule has 0 aliphatic carbocycles. The van der Waals surface area contributed by atoms with Crippen molar-refractivity contribution in [3.63, 3.8) is 0 Å². The Morgan fingerprint density at radius 3 is 2.36 bits per heavy atom. The smallest absolute Gasteiger partial charge is 0.119 e. The van der Waals surface area contributed by atoms with Crippen LogP contribution in [0.4, 0.5) is 0 Å². The molecule has 0 bridgehead atoms. The van der Waals surface area contributed by atoms with Gasteiger partial charge in [-0.15, -0.1) is 0 Å². The molecule has 0 amide bonds. The molecule has 28 heavy (non-hydrogen) atoms. The molecular weight excluding hydrogens is 384 g/mol. The van der Waals surface area contributed by atoms with E-state index in [-0.39, 0.29) is 0 Å². The third-order valence-electron chi connectivity index (χ3n) is 4.92. The van der Waals surface area contributed by atoms with Crippen molar-refractivity contribution in [2.24, 2.45) is 0 Å². The summed E-state index contributed by atoms with van der Waals surface area (Å²) in [5, 5.41) is 40.3. The van der Waals surface area contributed by atoms with Crippen molar-refractivity contribution in [3.8, 4) is 5.75 Å². The number of aliphatic hydroxyl groups is 4. The van der Waals surface area contributed by atoms with E-state index in [1.807, 2.05) is 37.3 Å². The fourth-order valence-corrected chi connectivity index (χ4v) is 3.56. The third-order valence-corrected chi connectivity index (χ3v) is 5.29. The molecule has 0 spiro atoms. The van der Waals surface area contributed by atoms with Gasteiger partial charge in [-0.05, 0) is 48.2 Å². The molecule has 4 N–H and O–H groups in total. The average Bonchev–Trinajstić information content (AvgIpc) is 2.70. The van der Waals surface area contributed by atoms with E-state index in [9.17, 15) is 20.4 Å². The lowest BCUT2D eigenvalue weighted by atomic mass is 9.90. The van der Waals surface area contributed by atoms with Crippen LogP contribution in [0.3, 0.4) is 0 Å². The Labute approximate surface area is 168 Å². The van der Waals surface area contributed by atoms with Gasteiger partial charge in [0.1, 0.15) is 36.3 Å². The summed E-state index contributed by atoms with van der Waals surface area (Å²) in [6.45, 7) is 2.07. The molecule has 0 aromatic heterocycles. The molecule has 1 aliphatic heterocycles. The van der Waals surface area contributed by atoms with Crippen molar-refractivity contribution in [2.45, 2.75) is 43.9 Å². The minimum Gasteiger partial charge on any atom is -0.494 e. The minimum atomic E-state index is -1.42. The first-order chi connectivity index (χ1) is 13.4. The van der Waals surface area contributed by atoms with E-state index in [2.05, 4.69) is 0 Å². The summed E-state index contributed by atoms with van der Waals surface area (Å²) in [4.78, 5) is 0. The first-order valence-electron chi connectivity index (χ1n) is 9.25. The van der Waals surface area contributed by atoms with Crippen molar-refractivity contribution >= 4 is 11.6 Å². The molecule has 152 valence electrons. The van der Waals surface area contributed by atoms with Crippen LogP contribution in [0.5, 0.6) is 5.75 Å². The van der Waals surface area contributed by atoms with Crippen LogP contribution in [0.2, 0.25) is 5.02 Å². The summed E-state index contributed by atoms with van der Waals surface area (Å²) in [6, 6.07) is 12.9. The van der Waals surface area contributed by atoms with Crippen molar-refractivity contribution in [3.05, 3.63) is 64.2 Å². The maximum absolute atomic E-state index is 10.3. The van der Waals surface area contributed by atoms with Crippen LogP contribution in [0.1, 0.15) is 29.7 Å². The Kier molecular flexibility index (Phi) is 6.93. The lowest BCUT2D eigenvalue weighted by Crippen LogP contribution is -2.55. The largest absolute Gasteiger partial charge is 0.494 e. The highest BCUT2D eigenvalue weighted by atomic mass is 35.5. The summed E-state index contributed by atoms with van der Waals surface area (Å²) in [5.74, 6) is 0.799. The highest BCUT2D eigenvalue weighted by Gasteiger charge is 2.43. The molecule has 2 aromatic carbocycles. The minimum absolute atomic E-state index is 0.464. The normalized spacial score (nSPS) is 27.6. The van der Waals surface area contributed by atoms with Gasteiger partial charge in [0.05, 0.1) is 13.2 Å². The van der Waals surface area contributed by atoms with E-state index in [0.29, 0.717) is 23.6 Å². The molecule has 1 saturated heterocycles. The van der Waals surface area contributed by atoms with Crippen LogP contribution in [-0.2, 0) is 11.2 Å². The molecule has 1 aliphatic rings. The summed E-state index contributed by atoms with van der Waals surface area (Å²) in [5.41, 5.74) is 2.49. The van der Waals surface area contributed by atoms with Gasteiger partial charge < -0.3 is 29.9 Å². The lowest BCUT2D eigenvalue weighted by molar-refractivity contribution is -0.231. The molecule has 2 aromatic rings. The Morgan fingerprint density at radius 1 is 1.00 bits per heavy atom. The predicted octanol–water partition coefficient (Wildman–Crippen LogP) is 1.84. The van der Waals surface area contributed by atoms with E-state index >= 15 is 0 Å². The van der Waals surface area contributed by atoms with E-state index in [4.69, 9.17) is 21.1 Å². The molecule has 0 radical (unpaired) electrons. The van der Waals surface area contributed by atoms with Gasteiger partial charge in [-0.3, -0.25) is 0 Å². The fraction of sp³-hybridized carbons (Fsp3) is 0.429. The van der Waals surface area contributed by atoms with Gasteiger partial charge in [-0.2, -0.15) is 0 Å². The number of aliphatic hydroxyl groups excluding tert-OH is 4. The summed E-state index contributed by atoms with van der Waals surface area (Å²) >= 11 is 6.35. The topological polar surface area (TPSA) is 99.4 Å². The molecule has 6 nitrogen and oxygen atoms in total. The number of rotatable bonds is 6. The molecule has 3 unspecified atom stereocenters. The van der Waals surface area contributed by atoms with Crippen molar-refractivity contribution in [2.75, 3.05) is 13.2 Å². The van der Waals surface area contributed by atoms with Crippen LogP contribution in [-0.4, -0.2) is 58.1 Å². The molecule has 3 rings (SSSR count).